The van der Waals surface area contributed by atoms with Crippen LogP contribution in [-0.4, -0.2) is 26.9 Å². The summed E-state index contributed by atoms with van der Waals surface area (Å²) in [6.45, 7) is -0.777. The van der Waals surface area contributed by atoms with Gasteiger partial charge in [-0.25, -0.2) is 26.7 Å². The highest BCUT2D eigenvalue weighted by Crippen LogP contribution is 2.23. The van der Waals surface area contributed by atoms with Gasteiger partial charge < -0.3 is 10.1 Å². The third kappa shape index (κ3) is 6.58. The molecular weight excluding hydrogens is 478 g/mol. The Balaban J connectivity index is 1.65. The van der Waals surface area contributed by atoms with E-state index in [-0.39, 0.29) is 27.7 Å². The minimum Gasteiger partial charge on any atom is -0.452 e. The van der Waals surface area contributed by atoms with Crippen molar-refractivity contribution in [2.24, 2.45) is 0 Å². The molecule has 3 aromatic carbocycles. The number of rotatable bonds is 8. The Kier molecular flexibility index (Phi) is 7.75. The third-order valence-corrected chi connectivity index (χ3v) is 6.19. The van der Waals surface area contributed by atoms with E-state index in [0.29, 0.717) is 6.07 Å². The van der Waals surface area contributed by atoms with Crippen LogP contribution in [0.15, 0.2) is 71.6 Å². The van der Waals surface area contributed by atoms with E-state index in [1.165, 1.54) is 12.1 Å². The number of carbonyl (C=O) groups excluding carboxylic acids is 2. The Hall–Kier alpha value is -3.34. The lowest BCUT2D eigenvalue weighted by atomic mass is 10.2. The second kappa shape index (κ2) is 10.5. The molecule has 11 heteroatoms. The molecular formula is C22H17ClF2N2O5S. The van der Waals surface area contributed by atoms with E-state index in [1.807, 2.05) is 0 Å². The first-order valence-corrected chi connectivity index (χ1v) is 11.3. The molecule has 0 bridgehead atoms. The maximum absolute atomic E-state index is 13.6. The van der Waals surface area contributed by atoms with Crippen molar-refractivity contribution in [3.05, 3.63) is 94.5 Å². The van der Waals surface area contributed by atoms with Gasteiger partial charge >= 0.3 is 5.97 Å². The fourth-order valence-electron chi connectivity index (χ4n) is 2.68. The van der Waals surface area contributed by atoms with Gasteiger partial charge in [-0.2, -0.15) is 0 Å². The van der Waals surface area contributed by atoms with E-state index < -0.39 is 40.1 Å². The molecule has 0 unspecified atom stereocenters. The summed E-state index contributed by atoms with van der Waals surface area (Å²) in [6, 6.07) is 14.8. The van der Waals surface area contributed by atoms with Crippen LogP contribution in [0.1, 0.15) is 15.9 Å². The highest BCUT2D eigenvalue weighted by atomic mass is 35.5. The molecule has 7 nitrogen and oxygen atoms in total. The lowest BCUT2D eigenvalue weighted by Gasteiger charge is -2.11. The quantitative estimate of drug-likeness (QED) is 0.463. The van der Waals surface area contributed by atoms with E-state index in [4.69, 9.17) is 16.3 Å². The van der Waals surface area contributed by atoms with Crippen molar-refractivity contribution in [2.45, 2.75) is 11.4 Å². The largest absolute Gasteiger partial charge is 0.452 e. The van der Waals surface area contributed by atoms with Crippen molar-refractivity contribution in [2.75, 3.05) is 11.9 Å². The van der Waals surface area contributed by atoms with Gasteiger partial charge in [0.25, 0.3) is 5.91 Å². The van der Waals surface area contributed by atoms with Gasteiger partial charge in [0.05, 0.1) is 16.3 Å². The fraction of sp³-hybridized carbons (Fsp3) is 0.0909. The summed E-state index contributed by atoms with van der Waals surface area (Å²) in [5.41, 5.74) is 0.262. The van der Waals surface area contributed by atoms with Crippen molar-refractivity contribution in [3.8, 4) is 0 Å². The molecule has 0 heterocycles. The number of nitrogens with one attached hydrogen (secondary N) is 2. The van der Waals surface area contributed by atoms with Crippen LogP contribution in [-0.2, 0) is 26.1 Å². The lowest BCUT2D eigenvalue weighted by Crippen LogP contribution is -2.24. The van der Waals surface area contributed by atoms with E-state index in [9.17, 15) is 26.8 Å². The van der Waals surface area contributed by atoms with Crippen LogP contribution in [0.25, 0.3) is 0 Å². The van der Waals surface area contributed by atoms with Crippen LogP contribution in [0, 0.1) is 11.6 Å². The SMILES string of the molecule is O=C(COC(=O)c1ccc(Cl)c(S(=O)(=O)NCc2ccccc2)c1)Nc1ccc(F)cc1F. The first-order valence-electron chi connectivity index (χ1n) is 9.41. The average Bonchev–Trinajstić information content (AvgIpc) is 2.79. The van der Waals surface area contributed by atoms with E-state index >= 15 is 0 Å². The lowest BCUT2D eigenvalue weighted by molar-refractivity contribution is -0.119. The zero-order valence-electron chi connectivity index (χ0n) is 16.8. The molecule has 3 aromatic rings. The van der Waals surface area contributed by atoms with Gasteiger partial charge in [0, 0.05) is 12.6 Å². The van der Waals surface area contributed by atoms with Gasteiger partial charge in [0.1, 0.15) is 16.5 Å². The van der Waals surface area contributed by atoms with E-state index in [0.717, 1.165) is 23.8 Å². The Morgan fingerprint density at radius 3 is 2.39 bits per heavy atom. The smallest absolute Gasteiger partial charge is 0.338 e. The number of sulfonamides is 1. The molecule has 1 amide bonds. The van der Waals surface area contributed by atoms with Crippen LogP contribution < -0.4 is 10.0 Å². The number of carbonyl (C=O) groups is 2. The standard InChI is InChI=1S/C22H17ClF2N2O5S/c23-17-8-6-15(10-20(17)33(30,31)26-12-14-4-2-1-3-5-14)22(29)32-13-21(28)27-19-9-7-16(24)11-18(19)25/h1-11,26H,12-13H2,(H,27,28). The molecule has 0 fully saturated rings. The normalized spacial score (nSPS) is 11.1. The summed E-state index contributed by atoms with van der Waals surface area (Å²) < 4.78 is 59.1. The van der Waals surface area contributed by atoms with Crippen molar-refractivity contribution < 1.29 is 31.5 Å². The highest BCUT2D eigenvalue weighted by Gasteiger charge is 2.21. The predicted octanol–water partition coefficient (Wildman–Crippen LogP) is 3.89. The molecule has 0 spiro atoms. The van der Waals surface area contributed by atoms with Gasteiger partial charge in [-0.05, 0) is 35.9 Å². The van der Waals surface area contributed by atoms with Crippen molar-refractivity contribution in [1.29, 1.82) is 0 Å². The first kappa shape index (κ1) is 24.3. The summed E-state index contributed by atoms with van der Waals surface area (Å²) >= 11 is 6.01. The third-order valence-electron chi connectivity index (χ3n) is 4.31. The van der Waals surface area contributed by atoms with Gasteiger partial charge in [0.15, 0.2) is 6.61 Å². The fourth-order valence-corrected chi connectivity index (χ4v) is 4.22. The average molecular weight is 495 g/mol. The summed E-state index contributed by atoms with van der Waals surface area (Å²) in [7, 11) is -4.07. The number of amides is 1. The van der Waals surface area contributed by atoms with Gasteiger partial charge in [-0.3, -0.25) is 4.79 Å². The molecule has 0 aliphatic carbocycles. The summed E-state index contributed by atoms with van der Waals surface area (Å²) in [6.07, 6.45) is 0. The molecule has 3 rings (SSSR count). The number of benzene rings is 3. The molecule has 2 N–H and O–H groups in total. The number of hydrogen-bond acceptors (Lipinski definition) is 5. The number of esters is 1. The van der Waals surface area contributed by atoms with E-state index in [1.54, 1.807) is 30.3 Å². The summed E-state index contributed by atoms with van der Waals surface area (Å²) in [5, 5.41) is 2.02. The monoisotopic (exact) mass is 494 g/mol. The van der Waals surface area contributed by atoms with Crippen LogP contribution in [0.5, 0.6) is 0 Å². The second-order valence-electron chi connectivity index (χ2n) is 6.70. The van der Waals surface area contributed by atoms with Crippen molar-refractivity contribution in [3.63, 3.8) is 0 Å². The molecule has 0 atom stereocenters. The Morgan fingerprint density at radius 2 is 1.70 bits per heavy atom. The molecule has 0 saturated heterocycles. The van der Waals surface area contributed by atoms with Crippen LogP contribution in [0.4, 0.5) is 14.5 Å². The van der Waals surface area contributed by atoms with E-state index in [2.05, 4.69) is 10.0 Å². The molecule has 0 aromatic heterocycles. The number of anilines is 1. The first-order chi connectivity index (χ1) is 15.7. The predicted molar refractivity (Wildman–Crippen MR) is 117 cm³/mol. The number of halogens is 3. The van der Waals surface area contributed by atoms with Crippen LogP contribution >= 0.6 is 11.6 Å². The zero-order valence-corrected chi connectivity index (χ0v) is 18.4. The molecule has 172 valence electrons. The van der Waals surface area contributed by atoms with Crippen molar-refractivity contribution in [1.82, 2.24) is 4.72 Å². The van der Waals surface area contributed by atoms with Gasteiger partial charge in [-0.1, -0.05) is 41.9 Å². The Labute approximate surface area is 193 Å². The van der Waals surface area contributed by atoms with Crippen LogP contribution in [0.2, 0.25) is 5.02 Å². The zero-order chi connectivity index (χ0) is 24.0. The Morgan fingerprint density at radius 1 is 0.970 bits per heavy atom. The molecule has 0 radical (unpaired) electrons. The second-order valence-corrected chi connectivity index (χ2v) is 8.85. The molecule has 0 saturated carbocycles. The maximum Gasteiger partial charge on any atom is 0.338 e. The Bertz CT molecular complexity index is 1290. The number of ether oxygens (including phenoxy) is 1. The highest BCUT2D eigenvalue weighted by molar-refractivity contribution is 7.89. The molecule has 0 aliphatic rings. The summed E-state index contributed by atoms with van der Waals surface area (Å²) in [5.74, 6) is -3.69. The topological polar surface area (TPSA) is 102 Å². The van der Waals surface area contributed by atoms with Gasteiger partial charge in [-0.15, -0.1) is 0 Å². The van der Waals surface area contributed by atoms with Crippen LogP contribution in [0.3, 0.4) is 0 Å². The minimum absolute atomic E-state index is 0.00823. The minimum atomic E-state index is -4.07. The molecule has 33 heavy (non-hydrogen) atoms. The molecule has 0 aliphatic heterocycles. The number of hydrogen-bond donors (Lipinski definition) is 2. The van der Waals surface area contributed by atoms with Gasteiger partial charge in [0.2, 0.25) is 10.0 Å². The van der Waals surface area contributed by atoms with Crippen molar-refractivity contribution >= 4 is 39.2 Å². The summed E-state index contributed by atoms with van der Waals surface area (Å²) in [4.78, 5) is 23.9. The maximum atomic E-state index is 13.6.